The molecule has 4 aromatic heterocycles. The Morgan fingerprint density at radius 2 is 1.89 bits per heavy atom. The molecule has 0 radical (unpaired) electrons. The lowest BCUT2D eigenvalue weighted by Crippen LogP contribution is -2.41. The highest BCUT2D eigenvalue weighted by atomic mass is 16.5. The van der Waals surface area contributed by atoms with E-state index in [4.69, 9.17) is 4.74 Å². The Kier molecular flexibility index (Phi) is 5.03. The van der Waals surface area contributed by atoms with Crippen LogP contribution in [0, 0.1) is 6.92 Å². The Hall–Kier alpha value is -4.93. The third kappa shape index (κ3) is 3.71. The minimum atomic E-state index is -0.845. The summed E-state index contributed by atoms with van der Waals surface area (Å²) in [6, 6.07) is 11.5. The average Bonchev–Trinajstić information content (AvgIpc) is 3.62. The van der Waals surface area contributed by atoms with Crippen LogP contribution in [-0.2, 0) is 0 Å². The van der Waals surface area contributed by atoms with Crippen LogP contribution < -0.4 is 10.1 Å². The molecular formula is C27H24N8O3. The van der Waals surface area contributed by atoms with Gasteiger partial charge in [0.1, 0.15) is 29.7 Å². The largest absolute Gasteiger partial charge is 0.465 e. The van der Waals surface area contributed by atoms with E-state index >= 15 is 0 Å². The molecule has 2 unspecified atom stereocenters. The molecule has 0 saturated carbocycles. The second kappa shape index (κ2) is 8.58. The number of pyridine rings is 1. The van der Waals surface area contributed by atoms with Crippen molar-refractivity contribution in [2.24, 2.45) is 0 Å². The number of benzene rings is 1. The number of nitrogens with zero attached hydrogens (tertiary/aromatic N) is 7. The van der Waals surface area contributed by atoms with Crippen LogP contribution >= 0.6 is 0 Å². The topological polar surface area (TPSA) is 122 Å². The maximum Gasteiger partial charge on any atom is 0.408 e. The average molecular weight is 509 g/mol. The van der Waals surface area contributed by atoms with E-state index in [1.54, 1.807) is 9.42 Å². The number of hydrogen-bond donors (Lipinski definition) is 2. The van der Waals surface area contributed by atoms with Crippen LogP contribution in [0.4, 0.5) is 16.3 Å². The first-order valence-electron chi connectivity index (χ1n) is 12.4. The highest BCUT2D eigenvalue weighted by molar-refractivity contribution is 5.88. The standard InChI is InChI=1S/C27H24N8O3/c1-16-10-18(2-5-23(16)38-21-6-8-33-24(13-21)28-14-30-33)32-26-25-22(7-9-34(25)31-15-29-26)17-11-19-3-4-20(12-17)35(19)27(36)37/h2,5-11,13-15,19-20H,3-4,12H2,1H3,(H,36,37)(H,29,31,32). The summed E-state index contributed by atoms with van der Waals surface area (Å²) in [5.41, 5.74) is 5.56. The zero-order valence-corrected chi connectivity index (χ0v) is 20.5. The molecule has 190 valence electrons. The smallest absolute Gasteiger partial charge is 0.408 e. The molecule has 11 heteroatoms. The second-order valence-electron chi connectivity index (χ2n) is 9.65. The Balaban J connectivity index is 1.17. The van der Waals surface area contributed by atoms with Gasteiger partial charge < -0.3 is 15.2 Å². The van der Waals surface area contributed by atoms with E-state index in [1.165, 1.54) is 12.7 Å². The summed E-state index contributed by atoms with van der Waals surface area (Å²) >= 11 is 0. The Morgan fingerprint density at radius 1 is 1.05 bits per heavy atom. The molecule has 7 rings (SSSR count). The first kappa shape index (κ1) is 22.3. The van der Waals surface area contributed by atoms with E-state index < -0.39 is 6.09 Å². The van der Waals surface area contributed by atoms with Crippen LogP contribution in [0.15, 0.2) is 67.5 Å². The van der Waals surface area contributed by atoms with Crippen molar-refractivity contribution in [1.29, 1.82) is 0 Å². The lowest BCUT2D eigenvalue weighted by Gasteiger charge is -2.31. The Morgan fingerprint density at radius 3 is 2.74 bits per heavy atom. The Labute approximate surface area is 217 Å². The minimum Gasteiger partial charge on any atom is -0.465 e. The van der Waals surface area contributed by atoms with Crippen LogP contribution in [-0.4, -0.2) is 57.4 Å². The third-order valence-electron chi connectivity index (χ3n) is 7.33. The summed E-state index contributed by atoms with van der Waals surface area (Å²) in [7, 11) is 0. The van der Waals surface area contributed by atoms with Crippen molar-refractivity contribution in [2.75, 3.05) is 5.32 Å². The number of anilines is 2. The summed E-state index contributed by atoms with van der Waals surface area (Å²) < 4.78 is 9.60. The molecule has 6 heterocycles. The van der Waals surface area contributed by atoms with Crippen LogP contribution in [0.25, 0.3) is 16.7 Å². The van der Waals surface area contributed by atoms with E-state index in [2.05, 4.69) is 31.6 Å². The molecule has 1 aromatic carbocycles. The van der Waals surface area contributed by atoms with Gasteiger partial charge in [-0.3, -0.25) is 4.90 Å². The van der Waals surface area contributed by atoms with Gasteiger partial charge in [0.05, 0.1) is 6.04 Å². The quantitative estimate of drug-likeness (QED) is 0.343. The fourth-order valence-electron chi connectivity index (χ4n) is 5.60. The molecule has 5 aromatic rings. The molecule has 2 aliphatic heterocycles. The summed E-state index contributed by atoms with van der Waals surface area (Å²) in [6.07, 6.45) is 10.4. The first-order valence-corrected chi connectivity index (χ1v) is 12.4. The van der Waals surface area contributed by atoms with Crippen LogP contribution in [0.2, 0.25) is 0 Å². The van der Waals surface area contributed by atoms with Gasteiger partial charge in [-0.05, 0) is 67.7 Å². The molecule has 2 N–H and O–H groups in total. The number of fused-ring (bicyclic) bond motifs is 4. The van der Waals surface area contributed by atoms with E-state index in [0.29, 0.717) is 23.6 Å². The first-order chi connectivity index (χ1) is 18.5. The molecular weight excluding hydrogens is 484 g/mol. The molecule has 0 aliphatic carbocycles. The molecule has 11 nitrogen and oxygen atoms in total. The molecule has 1 fully saturated rings. The predicted octanol–water partition coefficient (Wildman–Crippen LogP) is 4.91. The maximum absolute atomic E-state index is 11.7. The number of rotatable bonds is 5. The van der Waals surface area contributed by atoms with Crippen molar-refractivity contribution in [1.82, 2.24) is 34.1 Å². The second-order valence-corrected chi connectivity index (χ2v) is 9.65. The number of carboxylic acid groups (broad SMARTS) is 1. The van der Waals surface area contributed by atoms with Crippen molar-refractivity contribution in [3.05, 3.63) is 78.6 Å². The summed E-state index contributed by atoms with van der Waals surface area (Å²) in [5, 5.41) is 21.6. The van der Waals surface area contributed by atoms with Gasteiger partial charge >= 0.3 is 6.09 Å². The molecule has 2 aliphatic rings. The maximum atomic E-state index is 11.7. The van der Waals surface area contributed by atoms with E-state index in [1.807, 2.05) is 60.2 Å². The summed E-state index contributed by atoms with van der Waals surface area (Å²) in [5.74, 6) is 2.10. The molecule has 1 saturated heterocycles. The van der Waals surface area contributed by atoms with E-state index in [0.717, 1.165) is 46.5 Å². The minimum absolute atomic E-state index is 0.00847. The van der Waals surface area contributed by atoms with Crippen molar-refractivity contribution < 1.29 is 14.6 Å². The molecule has 2 bridgehead atoms. The van der Waals surface area contributed by atoms with Crippen molar-refractivity contribution in [3.8, 4) is 11.5 Å². The zero-order chi connectivity index (χ0) is 25.8. The number of ether oxygens (including phenoxy) is 1. The van der Waals surface area contributed by atoms with E-state index in [9.17, 15) is 9.90 Å². The normalized spacial score (nSPS) is 18.7. The number of amides is 1. The Bertz CT molecular complexity index is 1740. The number of aryl methyl sites for hydroxylation is 1. The third-order valence-corrected chi connectivity index (χ3v) is 7.33. The van der Waals surface area contributed by atoms with Gasteiger partial charge in [0.2, 0.25) is 0 Å². The zero-order valence-electron chi connectivity index (χ0n) is 20.5. The van der Waals surface area contributed by atoms with Gasteiger partial charge in [-0.15, -0.1) is 0 Å². The van der Waals surface area contributed by atoms with Crippen molar-refractivity contribution in [2.45, 2.75) is 38.3 Å². The van der Waals surface area contributed by atoms with Gasteiger partial charge in [-0.25, -0.2) is 23.8 Å². The number of hydrogen-bond acceptors (Lipinski definition) is 7. The SMILES string of the molecule is Cc1cc(Nc2ncnn3ccc(C4=CC5CCC(C4)N5C(=O)O)c23)ccc1Oc1ccn2ncnc2c1. The fourth-order valence-corrected chi connectivity index (χ4v) is 5.60. The lowest BCUT2D eigenvalue weighted by molar-refractivity contribution is 0.128. The van der Waals surface area contributed by atoms with Gasteiger partial charge in [-0.1, -0.05) is 6.08 Å². The summed E-state index contributed by atoms with van der Waals surface area (Å²) in [4.78, 5) is 22.1. The number of nitrogens with one attached hydrogen (secondary N) is 1. The van der Waals surface area contributed by atoms with Gasteiger partial charge in [0, 0.05) is 35.8 Å². The lowest BCUT2D eigenvalue weighted by atomic mass is 9.95. The van der Waals surface area contributed by atoms with E-state index in [-0.39, 0.29) is 12.1 Å². The molecule has 2 atom stereocenters. The predicted molar refractivity (Wildman–Crippen MR) is 140 cm³/mol. The van der Waals surface area contributed by atoms with Crippen LogP contribution in [0.5, 0.6) is 11.5 Å². The monoisotopic (exact) mass is 508 g/mol. The van der Waals surface area contributed by atoms with Crippen molar-refractivity contribution >= 4 is 34.3 Å². The highest BCUT2D eigenvalue weighted by Gasteiger charge is 2.40. The highest BCUT2D eigenvalue weighted by Crippen LogP contribution is 2.41. The molecule has 1 amide bonds. The van der Waals surface area contributed by atoms with Gasteiger partial charge in [0.15, 0.2) is 11.5 Å². The van der Waals surface area contributed by atoms with Gasteiger partial charge in [0.25, 0.3) is 0 Å². The van der Waals surface area contributed by atoms with Gasteiger partial charge in [-0.2, -0.15) is 10.2 Å². The summed E-state index contributed by atoms with van der Waals surface area (Å²) in [6.45, 7) is 1.99. The number of aromatic nitrogens is 6. The van der Waals surface area contributed by atoms with Crippen LogP contribution in [0.3, 0.4) is 0 Å². The van der Waals surface area contributed by atoms with Crippen LogP contribution in [0.1, 0.15) is 30.4 Å². The van der Waals surface area contributed by atoms with Crippen molar-refractivity contribution in [3.63, 3.8) is 0 Å². The molecule has 38 heavy (non-hydrogen) atoms. The fraction of sp³-hybridized carbons (Fsp3) is 0.222. The number of carbonyl (C=O) groups is 1. The molecule has 0 spiro atoms.